The Kier molecular flexibility index (Phi) is 6.69. The van der Waals surface area contributed by atoms with Crippen molar-refractivity contribution < 1.29 is 13.2 Å². The summed E-state index contributed by atoms with van der Waals surface area (Å²) in [6.45, 7) is 5.50. The summed E-state index contributed by atoms with van der Waals surface area (Å²) < 4.78 is 27.4. The Morgan fingerprint density at radius 2 is 1.87 bits per heavy atom. The fourth-order valence-corrected chi connectivity index (χ4v) is 4.44. The maximum Gasteiger partial charge on any atom is 0.240 e. The van der Waals surface area contributed by atoms with Crippen molar-refractivity contribution in [2.75, 3.05) is 6.54 Å². The van der Waals surface area contributed by atoms with Crippen molar-refractivity contribution in [3.63, 3.8) is 0 Å². The number of nitrogens with one attached hydrogen (secondary N) is 3. The molecule has 1 unspecified atom stereocenters. The molecule has 1 amide bonds. The van der Waals surface area contributed by atoms with Crippen LogP contribution in [0.2, 0.25) is 0 Å². The summed E-state index contributed by atoms with van der Waals surface area (Å²) in [7, 11) is -3.66. The van der Waals surface area contributed by atoms with Gasteiger partial charge in [-0.2, -0.15) is 0 Å². The number of imidazole rings is 1. The van der Waals surface area contributed by atoms with Crippen LogP contribution in [0.15, 0.2) is 59.6 Å². The Hall–Kier alpha value is -2.97. The molecule has 2 aromatic carbocycles. The van der Waals surface area contributed by atoms with Crippen molar-refractivity contribution >= 4 is 15.9 Å². The third kappa shape index (κ3) is 5.34. The first-order chi connectivity index (χ1) is 14.3. The zero-order chi connectivity index (χ0) is 21.7. The van der Waals surface area contributed by atoms with Gasteiger partial charge < -0.3 is 10.3 Å². The molecule has 158 valence electrons. The van der Waals surface area contributed by atoms with Gasteiger partial charge in [0.05, 0.1) is 22.8 Å². The van der Waals surface area contributed by atoms with Gasteiger partial charge in [-0.25, -0.2) is 18.1 Å². The first-order valence-corrected chi connectivity index (χ1v) is 11.2. The minimum Gasteiger partial charge on any atom is -0.346 e. The van der Waals surface area contributed by atoms with E-state index in [0.717, 1.165) is 16.8 Å². The van der Waals surface area contributed by atoms with E-state index in [4.69, 9.17) is 0 Å². The molecular formula is C22H26N4O3S. The lowest BCUT2D eigenvalue weighted by Crippen LogP contribution is -2.32. The molecule has 0 spiro atoms. The summed E-state index contributed by atoms with van der Waals surface area (Å²) in [4.78, 5) is 20.0. The van der Waals surface area contributed by atoms with Gasteiger partial charge in [-0.1, -0.05) is 48.0 Å². The quantitative estimate of drug-likeness (QED) is 0.514. The lowest BCUT2D eigenvalue weighted by atomic mass is 10.2. The second-order valence-electron chi connectivity index (χ2n) is 7.25. The van der Waals surface area contributed by atoms with Crippen LogP contribution in [0.1, 0.15) is 36.3 Å². The van der Waals surface area contributed by atoms with E-state index >= 15 is 0 Å². The zero-order valence-corrected chi connectivity index (χ0v) is 18.1. The molecule has 7 nitrogen and oxygen atoms in total. The number of hydrogen-bond acceptors (Lipinski definition) is 4. The van der Waals surface area contributed by atoms with Crippen molar-refractivity contribution in [3.05, 3.63) is 71.7 Å². The molecule has 0 radical (unpaired) electrons. The average molecular weight is 427 g/mol. The topological polar surface area (TPSA) is 104 Å². The molecule has 30 heavy (non-hydrogen) atoms. The van der Waals surface area contributed by atoms with Crippen LogP contribution >= 0.6 is 0 Å². The van der Waals surface area contributed by atoms with Gasteiger partial charge in [-0.3, -0.25) is 4.79 Å². The number of carbonyl (C=O) groups excluding carboxylic acids is 1. The number of aromatic nitrogens is 2. The molecule has 3 aromatic rings. The summed E-state index contributed by atoms with van der Waals surface area (Å²) in [5, 5.41) is 2.84. The lowest BCUT2D eigenvalue weighted by Gasteiger charge is -2.13. The van der Waals surface area contributed by atoms with Crippen LogP contribution in [0, 0.1) is 13.8 Å². The van der Waals surface area contributed by atoms with Crippen molar-refractivity contribution in [2.24, 2.45) is 0 Å². The first-order valence-electron chi connectivity index (χ1n) is 9.73. The van der Waals surface area contributed by atoms with E-state index < -0.39 is 10.0 Å². The highest BCUT2D eigenvalue weighted by Crippen LogP contribution is 2.19. The van der Waals surface area contributed by atoms with Crippen LogP contribution < -0.4 is 10.0 Å². The van der Waals surface area contributed by atoms with E-state index in [0.29, 0.717) is 11.4 Å². The van der Waals surface area contributed by atoms with Gasteiger partial charge in [-0.15, -0.1) is 0 Å². The highest BCUT2D eigenvalue weighted by atomic mass is 32.2. The Morgan fingerprint density at radius 3 is 2.57 bits per heavy atom. The van der Waals surface area contributed by atoms with E-state index in [1.165, 1.54) is 0 Å². The second kappa shape index (κ2) is 9.23. The molecule has 0 aliphatic rings. The number of sulfonamides is 1. The second-order valence-corrected chi connectivity index (χ2v) is 8.99. The number of rotatable bonds is 8. The van der Waals surface area contributed by atoms with Crippen molar-refractivity contribution in [3.8, 4) is 11.3 Å². The van der Waals surface area contributed by atoms with Gasteiger partial charge in [0.2, 0.25) is 15.9 Å². The number of H-pyrrole nitrogens is 1. The SMILES string of the molecule is Cc1ccc(S(=O)(=O)NCCC(=O)NC(C)c2ncc(-c3ccccc3)[nH]2)c(C)c1. The maximum atomic E-state index is 12.5. The maximum absolute atomic E-state index is 12.5. The van der Waals surface area contributed by atoms with E-state index in [2.05, 4.69) is 20.0 Å². The minimum absolute atomic E-state index is 0.0155. The Bertz CT molecular complexity index is 1120. The molecule has 8 heteroatoms. The average Bonchev–Trinajstić information content (AvgIpc) is 3.18. The van der Waals surface area contributed by atoms with E-state index in [1.807, 2.05) is 50.2 Å². The number of carbonyl (C=O) groups is 1. The van der Waals surface area contributed by atoms with E-state index in [1.54, 1.807) is 25.3 Å². The molecule has 3 N–H and O–H groups in total. The lowest BCUT2D eigenvalue weighted by molar-refractivity contribution is -0.121. The van der Waals surface area contributed by atoms with Crippen LogP contribution in [0.4, 0.5) is 0 Å². The number of hydrogen-bond donors (Lipinski definition) is 3. The van der Waals surface area contributed by atoms with Crippen LogP contribution in [0.5, 0.6) is 0 Å². The molecular weight excluding hydrogens is 400 g/mol. The van der Waals surface area contributed by atoms with Crippen molar-refractivity contribution in [1.29, 1.82) is 0 Å². The van der Waals surface area contributed by atoms with Gasteiger partial charge >= 0.3 is 0 Å². The summed E-state index contributed by atoms with van der Waals surface area (Å²) in [5.74, 6) is 0.376. The van der Waals surface area contributed by atoms with Gasteiger partial charge in [0.1, 0.15) is 5.82 Å². The van der Waals surface area contributed by atoms with Gasteiger partial charge in [0.25, 0.3) is 0 Å². The fraction of sp³-hybridized carbons (Fsp3) is 0.273. The third-order valence-corrected chi connectivity index (χ3v) is 6.35. The van der Waals surface area contributed by atoms with Crippen LogP contribution in [0.25, 0.3) is 11.3 Å². The standard InChI is InChI=1S/C22H26N4O3S/c1-15-9-10-20(16(2)13-15)30(28,29)24-12-11-21(27)25-17(3)22-23-14-19(26-22)18-7-5-4-6-8-18/h4-10,13-14,17,24H,11-12H2,1-3H3,(H,23,26)(H,25,27). The predicted octanol–water partition coefficient (Wildman–Crippen LogP) is 3.24. The minimum atomic E-state index is -3.66. The first kappa shape index (κ1) is 21.7. The van der Waals surface area contributed by atoms with Gasteiger partial charge in [0.15, 0.2) is 0 Å². The predicted molar refractivity (Wildman–Crippen MR) is 116 cm³/mol. The molecule has 3 rings (SSSR count). The summed E-state index contributed by atoms with van der Waals surface area (Å²) in [5.41, 5.74) is 3.55. The normalized spacial score (nSPS) is 12.5. The van der Waals surface area contributed by atoms with Crippen LogP contribution in [-0.2, 0) is 14.8 Å². The smallest absolute Gasteiger partial charge is 0.240 e. The van der Waals surface area contributed by atoms with E-state index in [9.17, 15) is 13.2 Å². The van der Waals surface area contributed by atoms with E-state index in [-0.39, 0.29) is 29.8 Å². The summed E-state index contributed by atoms with van der Waals surface area (Å²) >= 11 is 0. The molecule has 0 saturated carbocycles. The largest absolute Gasteiger partial charge is 0.346 e. The van der Waals surface area contributed by atoms with Crippen LogP contribution in [-0.4, -0.2) is 30.8 Å². The number of aryl methyl sites for hydroxylation is 2. The number of amides is 1. The Morgan fingerprint density at radius 1 is 1.13 bits per heavy atom. The van der Waals surface area contributed by atoms with Gasteiger partial charge in [-0.05, 0) is 38.0 Å². The third-order valence-electron chi connectivity index (χ3n) is 4.73. The molecule has 0 saturated heterocycles. The van der Waals surface area contributed by atoms with Crippen molar-refractivity contribution in [1.82, 2.24) is 20.0 Å². The highest BCUT2D eigenvalue weighted by molar-refractivity contribution is 7.89. The molecule has 0 bridgehead atoms. The number of aromatic amines is 1. The zero-order valence-electron chi connectivity index (χ0n) is 17.3. The Balaban J connectivity index is 1.53. The summed E-state index contributed by atoms with van der Waals surface area (Å²) in [6.07, 6.45) is 1.76. The molecule has 0 fully saturated rings. The molecule has 0 aliphatic heterocycles. The molecule has 1 atom stereocenters. The molecule has 1 aromatic heterocycles. The molecule has 1 heterocycles. The van der Waals surface area contributed by atoms with Crippen LogP contribution in [0.3, 0.4) is 0 Å². The fourth-order valence-electron chi connectivity index (χ4n) is 3.18. The number of nitrogens with zero attached hydrogens (tertiary/aromatic N) is 1. The Labute approximate surface area is 177 Å². The van der Waals surface area contributed by atoms with Gasteiger partial charge in [0, 0.05) is 13.0 Å². The highest BCUT2D eigenvalue weighted by Gasteiger charge is 2.18. The monoisotopic (exact) mass is 426 g/mol. The number of benzene rings is 2. The van der Waals surface area contributed by atoms with Crippen molar-refractivity contribution in [2.45, 2.75) is 38.1 Å². The molecule has 0 aliphatic carbocycles. The summed E-state index contributed by atoms with van der Waals surface area (Å²) in [6, 6.07) is 14.6.